The molecule has 0 bridgehead atoms. The molecule has 1 aliphatic carbocycles. The average Bonchev–Trinajstić information content (AvgIpc) is 2.99. The monoisotopic (exact) mass is 288 g/mol. The normalized spacial score (nSPS) is 16.4. The minimum absolute atomic E-state index is 0.644. The molecule has 1 fully saturated rings. The van der Waals surface area contributed by atoms with Crippen molar-refractivity contribution in [3.05, 3.63) is 0 Å². The van der Waals surface area contributed by atoms with Crippen LogP contribution in [-0.2, 0) is 14.2 Å². The van der Waals surface area contributed by atoms with E-state index in [1.807, 2.05) is 0 Å². The number of rotatable bonds is 13. The van der Waals surface area contributed by atoms with E-state index in [0.717, 1.165) is 32.3 Å². The molecule has 0 radical (unpaired) electrons. The van der Waals surface area contributed by atoms with E-state index in [9.17, 15) is 0 Å². The van der Waals surface area contributed by atoms with Gasteiger partial charge in [-0.2, -0.15) is 0 Å². The fourth-order valence-electron chi connectivity index (χ4n) is 2.52. The highest BCUT2D eigenvalue weighted by Crippen LogP contribution is 2.21. The molecular formula is C15H32N2O3. The molecule has 0 atom stereocenters. The number of methoxy groups -OCH3 is 1. The average molecular weight is 288 g/mol. The highest BCUT2D eigenvalue weighted by Gasteiger charge is 2.18. The van der Waals surface area contributed by atoms with E-state index in [1.165, 1.54) is 25.7 Å². The molecule has 1 rings (SSSR count). The molecule has 0 heterocycles. The fourth-order valence-corrected chi connectivity index (χ4v) is 2.52. The molecule has 5 nitrogen and oxygen atoms in total. The summed E-state index contributed by atoms with van der Waals surface area (Å²) in [6.07, 6.45) is 5.57. The van der Waals surface area contributed by atoms with E-state index in [1.54, 1.807) is 7.11 Å². The topological polar surface area (TPSA) is 43.0 Å². The summed E-state index contributed by atoms with van der Waals surface area (Å²) in [4.78, 5) is 2.49. The second-order valence-corrected chi connectivity index (χ2v) is 5.39. The van der Waals surface area contributed by atoms with Gasteiger partial charge in [-0.15, -0.1) is 0 Å². The van der Waals surface area contributed by atoms with E-state index in [-0.39, 0.29) is 0 Å². The maximum absolute atomic E-state index is 5.48. The second-order valence-electron chi connectivity index (χ2n) is 5.39. The van der Waals surface area contributed by atoms with Crippen LogP contribution in [0.4, 0.5) is 0 Å². The first-order valence-electron chi connectivity index (χ1n) is 7.90. The van der Waals surface area contributed by atoms with Gasteiger partial charge in [0.15, 0.2) is 0 Å². The minimum Gasteiger partial charge on any atom is -0.382 e. The van der Waals surface area contributed by atoms with Gasteiger partial charge in [-0.3, -0.25) is 0 Å². The lowest BCUT2D eigenvalue weighted by Gasteiger charge is -2.23. The van der Waals surface area contributed by atoms with Crippen LogP contribution in [0.5, 0.6) is 0 Å². The van der Waals surface area contributed by atoms with Gasteiger partial charge in [-0.05, 0) is 19.9 Å². The Morgan fingerprint density at radius 2 is 1.60 bits per heavy atom. The van der Waals surface area contributed by atoms with Crippen molar-refractivity contribution in [2.45, 2.75) is 31.7 Å². The molecule has 0 aromatic carbocycles. The molecule has 1 N–H and O–H groups in total. The van der Waals surface area contributed by atoms with Crippen molar-refractivity contribution >= 4 is 0 Å². The van der Waals surface area contributed by atoms with E-state index in [4.69, 9.17) is 14.2 Å². The summed E-state index contributed by atoms with van der Waals surface area (Å²) in [5.74, 6) is 0. The quantitative estimate of drug-likeness (QED) is 0.515. The zero-order chi connectivity index (χ0) is 14.5. The summed E-state index contributed by atoms with van der Waals surface area (Å²) < 4.78 is 15.7. The van der Waals surface area contributed by atoms with Gasteiger partial charge in [-0.1, -0.05) is 12.8 Å². The Bertz CT molecular complexity index is 211. The van der Waals surface area contributed by atoms with Crippen molar-refractivity contribution in [2.75, 3.05) is 66.8 Å². The third-order valence-electron chi connectivity index (χ3n) is 3.82. The van der Waals surface area contributed by atoms with Crippen molar-refractivity contribution in [3.63, 3.8) is 0 Å². The Hall–Kier alpha value is -0.200. The van der Waals surface area contributed by atoms with Gasteiger partial charge in [0.25, 0.3) is 0 Å². The smallest absolute Gasteiger partial charge is 0.0701 e. The number of nitrogens with one attached hydrogen (secondary N) is 1. The van der Waals surface area contributed by atoms with Gasteiger partial charge in [0, 0.05) is 32.8 Å². The highest BCUT2D eigenvalue weighted by atomic mass is 16.5. The Balaban J connectivity index is 1.76. The summed E-state index contributed by atoms with van der Waals surface area (Å²) in [5.41, 5.74) is 0. The van der Waals surface area contributed by atoms with Crippen molar-refractivity contribution in [1.29, 1.82) is 0 Å². The maximum atomic E-state index is 5.48. The molecule has 0 aromatic heterocycles. The Morgan fingerprint density at radius 3 is 2.30 bits per heavy atom. The lowest BCUT2D eigenvalue weighted by Crippen LogP contribution is -2.36. The van der Waals surface area contributed by atoms with Crippen LogP contribution in [0.15, 0.2) is 0 Å². The molecule has 0 unspecified atom stereocenters. The Kier molecular flexibility index (Phi) is 11.2. The molecule has 0 amide bonds. The van der Waals surface area contributed by atoms with Crippen molar-refractivity contribution < 1.29 is 14.2 Å². The van der Waals surface area contributed by atoms with Crippen LogP contribution >= 0.6 is 0 Å². The molecule has 5 heteroatoms. The van der Waals surface area contributed by atoms with Gasteiger partial charge in [0.1, 0.15) is 0 Å². The molecule has 1 saturated carbocycles. The molecule has 1 aliphatic rings. The first-order valence-corrected chi connectivity index (χ1v) is 7.90. The molecular weight excluding hydrogens is 256 g/mol. The number of hydrogen-bond acceptors (Lipinski definition) is 5. The van der Waals surface area contributed by atoms with Crippen LogP contribution in [0.25, 0.3) is 0 Å². The van der Waals surface area contributed by atoms with Gasteiger partial charge in [-0.25, -0.2) is 0 Å². The standard InChI is InChI=1S/C15H32N2O3/c1-17(15-5-3-4-6-15)9-7-16-8-10-19-13-14-20-12-11-18-2/h15-16H,3-14H2,1-2H3. The summed E-state index contributed by atoms with van der Waals surface area (Å²) in [5, 5.41) is 3.42. The van der Waals surface area contributed by atoms with Gasteiger partial charge in [0.05, 0.1) is 33.0 Å². The summed E-state index contributed by atoms with van der Waals surface area (Å²) in [6, 6.07) is 0.817. The minimum atomic E-state index is 0.644. The molecule has 120 valence electrons. The molecule has 0 spiro atoms. The van der Waals surface area contributed by atoms with Gasteiger partial charge < -0.3 is 24.4 Å². The third-order valence-corrected chi connectivity index (χ3v) is 3.82. The molecule has 20 heavy (non-hydrogen) atoms. The first-order chi connectivity index (χ1) is 9.84. The second kappa shape index (κ2) is 12.5. The summed E-state index contributed by atoms with van der Waals surface area (Å²) in [7, 11) is 3.92. The van der Waals surface area contributed by atoms with Gasteiger partial charge in [0.2, 0.25) is 0 Å². The SMILES string of the molecule is COCCOCCOCCNCCN(C)C1CCCC1. The lowest BCUT2D eigenvalue weighted by atomic mass is 10.2. The van der Waals surface area contributed by atoms with Crippen LogP contribution < -0.4 is 5.32 Å². The third kappa shape index (κ3) is 8.87. The molecule has 0 saturated heterocycles. The number of ether oxygens (including phenoxy) is 3. The van der Waals surface area contributed by atoms with Gasteiger partial charge >= 0.3 is 0 Å². The summed E-state index contributed by atoms with van der Waals surface area (Å²) >= 11 is 0. The molecule has 0 aromatic rings. The van der Waals surface area contributed by atoms with Crippen molar-refractivity contribution in [2.24, 2.45) is 0 Å². The first kappa shape index (κ1) is 17.9. The van der Waals surface area contributed by atoms with Crippen molar-refractivity contribution in [3.8, 4) is 0 Å². The molecule has 0 aliphatic heterocycles. The summed E-state index contributed by atoms with van der Waals surface area (Å²) in [6.45, 7) is 6.44. The van der Waals surface area contributed by atoms with E-state index >= 15 is 0 Å². The van der Waals surface area contributed by atoms with Crippen LogP contribution in [0.2, 0.25) is 0 Å². The number of nitrogens with zero attached hydrogens (tertiary/aromatic N) is 1. The van der Waals surface area contributed by atoms with E-state index in [0.29, 0.717) is 26.4 Å². The largest absolute Gasteiger partial charge is 0.382 e. The van der Waals surface area contributed by atoms with E-state index < -0.39 is 0 Å². The van der Waals surface area contributed by atoms with E-state index in [2.05, 4.69) is 17.3 Å². The van der Waals surface area contributed by atoms with Crippen LogP contribution in [0.3, 0.4) is 0 Å². The van der Waals surface area contributed by atoms with Crippen LogP contribution in [0, 0.1) is 0 Å². The van der Waals surface area contributed by atoms with Crippen molar-refractivity contribution in [1.82, 2.24) is 10.2 Å². The zero-order valence-electron chi connectivity index (χ0n) is 13.2. The number of likely N-dealkylation sites (N-methyl/N-ethyl adjacent to an activating group) is 1. The predicted molar refractivity (Wildman–Crippen MR) is 81.3 cm³/mol. The van der Waals surface area contributed by atoms with Crippen LogP contribution in [-0.4, -0.2) is 77.8 Å². The Labute approximate surface area is 123 Å². The lowest BCUT2D eigenvalue weighted by molar-refractivity contribution is 0.0255. The van der Waals surface area contributed by atoms with Crippen LogP contribution in [0.1, 0.15) is 25.7 Å². The zero-order valence-corrected chi connectivity index (χ0v) is 13.2. The highest BCUT2D eigenvalue weighted by molar-refractivity contribution is 4.75. The maximum Gasteiger partial charge on any atom is 0.0701 e. The fraction of sp³-hybridized carbons (Fsp3) is 1.00. The Morgan fingerprint density at radius 1 is 0.950 bits per heavy atom. The predicted octanol–water partition coefficient (Wildman–Crippen LogP) is 1.13. The number of hydrogen-bond donors (Lipinski definition) is 1.